The van der Waals surface area contributed by atoms with Crippen molar-refractivity contribution < 1.29 is 4.79 Å². The molecule has 3 aromatic rings. The fraction of sp³-hybridized carbons (Fsp3) is 0.333. The summed E-state index contributed by atoms with van der Waals surface area (Å²) < 4.78 is 0. The number of amides is 1. The second-order valence-electron chi connectivity index (χ2n) is 7.48. The van der Waals surface area contributed by atoms with Gasteiger partial charge in [0.2, 0.25) is 0 Å². The van der Waals surface area contributed by atoms with Gasteiger partial charge >= 0.3 is 0 Å². The Kier molecular flexibility index (Phi) is 3.54. The van der Waals surface area contributed by atoms with Gasteiger partial charge in [0.1, 0.15) is 9.71 Å². The smallest absolute Gasteiger partial charge is 0.270 e. The highest BCUT2D eigenvalue weighted by Crippen LogP contribution is 2.38. The van der Waals surface area contributed by atoms with Crippen molar-refractivity contribution in [3.8, 4) is 0 Å². The van der Waals surface area contributed by atoms with E-state index in [1.54, 1.807) is 0 Å². The number of nitrogens with two attached hydrogens (primary N) is 1. The minimum atomic E-state index is 0.00166. The van der Waals surface area contributed by atoms with E-state index < -0.39 is 0 Å². The summed E-state index contributed by atoms with van der Waals surface area (Å²) in [5.74, 6) is 0.686. The Morgan fingerprint density at radius 1 is 1.27 bits per heavy atom. The highest BCUT2D eigenvalue weighted by Gasteiger charge is 2.29. The molecule has 2 aliphatic rings. The zero-order valence-electron chi connectivity index (χ0n) is 14.8. The number of nitrogens with zero attached hydrogens (tertiary/aromatic N) is 2. The van der Waals surface area contributed by atoms with Gasteiger partial charge in [0, 0.05) is 23.3 Å². The number of aromatic nitrogens is 1. The fourth-order valence-corrected chi connectivity index (χ4v) is 5.25. The Bertz CT molecular complexity index is 1040. The van der Waals surface area contributed by atoms with Gasteiger partial charge in [0.05, 0.1) is 5.69 Å². The number of rotatable bonds is 1. The molecule has 3 heterocycles. The minimum Gasteiger partial charge on any atom is -0.397 e. The van der Waals surface area contributed by atoms with Crippen molar-refractivity contribution in [2.24, 2.45) is 5.92 Å². The number of nitrogen functional groups attached to an aromatic ring is 1. The number of thiophene rings is 1. The third kappa shape index (κ3) is 2.34. The monoisotopic (exact) mass is 363 g/mol. The molecule has 0 bridgehead atoms. The molecular weight excluding hydrogens is 342 g/mol. The fourth-order valence-electron chi connectivity index (χ4n) is 4.20. The van der Waals surface area contributed by atoms with Gasteiger partial charge in [-0.2, -0.15) is 0 Å². The van der Waals surface area contributed by atoms with Crippen LogP contribution in [0.5, 0.6) is 0 Å². The Balaban J connectivity index is 1.57. The summed E-state index contributed by atoms with van der Waals surface area (Å²) in [5.41, 5.74) is 11.7. The molecule has 1 atom stereocenters. The van der Waals surface area contributed by atoms with Crippen molar-refractivity contribution in [2.45, 2.75) is 32.6 Å². The summed E-state index contributed by atoms with van der Waals surface area (Å²) >= 11 is 1.44. The summed E-state index contributed by atoms with van der Waals surface area (Å²) in [4.78, 5) is 21.4. The maximum absolute atomic E-state index is 13.2. The maximum Gasteiger partial charge on any atom is 0.270 e. The number of benzene rings is 1. The van der Waals surface area contributed by atoms with Crippen LogP contribution < -0.4 is 10.6 Å². The van der Waals surface area contributed by atoms with E-state index in [0.717, 1.165) is 35.2 Å². The van der Waals surface area contributed by atoms with E-state index in [2.05, 4.69) is 19.1 Å². The Hall–Kier alpha value is -2.40. The number of anilines is 2. The molecular formula is C21H21N3OS. The summed E-state index contributed by atoms with van der Waals surface area (Å²) in [6.45, 7) is 3.00. The molecule has 5 heteroatoms. The second-order valence-corrected chi connectivity index (χ2v) is 8.47. The normalized spacial score (nSPS) is 18.8. The number of carbonyl (C=O) groups is 1. The zero-order valence-corrected chi connectivity index (χ0v) is 15.6. The molecule has 0 spiro atoms. The molecule has 1 aliphatic carbocycles. The van der Waals surface area contributed by atoms with Crippen LogP contribution in [0.15, 0.2) is 30.3 Å². The van der Waals surface area contributed by atoms with Crippen molar-refractivity contribution in [3.63, 3.8) is 0 Å². The van der Waals surface area contributed by atoms with Crippen LogP contribution in [0, 0.1) is 5.92 Å². The first kappa shape index (κ1) is 15.8. The standard InChI is InChI=1S/C21H21N3OS/c1-12-6-7-16-14(10-12)11-15-18(22)19(26-20(15)23-16)21(25)24-9-8-13-4-2-3-5-17(13)24/h2-5,11-12H,6-10,22H2,1H3. The van der Waals surface area contributed by atoms with E-state index in [1.165, 1.54) is 34.6 Å². The zero-order chi connectivity index (χ0) is 17.8. The van der Waals surface area contributed by atoms with Crippen LogP contribution in [0.2, 0.25) is 0 Å². The Labute approximate surface area is 156 Å². The minimum absolute atomic E-state index is 0.00166. The van der Waals surface area contributed by atoms with Crippen LogP contribution in [-0.2, 0) is 19.3 Å². The van der Waals surface area contributed by atoms with E-state index in [1.807, 2.05) is 23.1 Å². The molecule has 2 N–H and O–H groups in total. The third-order valence-corrected chi connectivity index (χ3v) is 6.76. The number of carbonyl (C=O) groups excluding carboxylic acids is 1. The predicted octanol–water partition coefficient (Wildman–Crippen LogP) is 4.21. The van der Waals surface area contributed by atoms with E-state index in [9.17, 15) is 4.79 Å². The molecule has 0 saturated carbocycles. The van der Waals surface area contributed by atoms with Crippen LogP contribution >= 0.6 is 11.3 Å². The van der Waals surface area contributed by atoms with Gasteiger partial charge in [0.25, 0.3) is 5.91 Å². The first-order valence-electron chi connectivity index (χ1n) is 9.22. The average Bonchev–Trinajstić information content (AvgIpc) is 3.21. The van der Waals surface area contributed by atoms with Crippen LogP contribution in [0.1, 0.15) is 39.8 Å². The molecule has 4 nitrogen and oxygen atoms in total. The van der Waals surface area contributed by atoms with Crippen molar-refractivity contribution >= 4 is 38.8 Å². The molecule has 2 aromatic heterocycles. The highest BCUT2D eigenvalue weighted by atomic mass is 32.1. The van der Waals surface area contributed by atoms with Gasteiger partial charge in [-0.3, -0.25) is 4.79 Å². The first-order chi connectivity index (χ1) is 12.6. The quantitative estimate of drug-likeness (QED) is 0.705. The molecule has 5 rings (SSSR count). The van der Waals surface area contributed by atoms with Gasteiger partial charge in [0.15, 0.2) is 0 Å². The Morgan fingerprint density at radius 2 is 2.12 bits per heavy atom. The van der Waals surface area contributed by atoms with Crippen molar-refractivity contribution in [1.29, 1.82) is 0 Å². The van der Waals surface area contributed by atoms with Crippen molar-refractivity contribution in [3.05, 3.63) is 52.0 Å². The largest absolute Gasteiger partial charge is 0.397 e. The summed E-state index contributed by atoms with van der Waals surface area (Å²) in [6.07, 6.45) is 4.16. The van der Waals surface area contributed by atoms with Crippen LogP contribution in [-0.4, -0.2) is 17.4 Å². The number of fused-ring (bicyclic) bond motifs is 3. The van der Waals surface area contributed by atoms with Gasteiger partial charge in [-0.1, -0.05) is 25.1 Å². The van der Waals surface area contributed by atoms with Crippen molar-refractivity contribution in [1.82, 2.24) is 4.98 Å². The number of para-hydroxylation sites is 1. The molecule has 1 amide bonds. The molecule has 0 radical (unpaired) electrons. The molecule has 26 heavy (non-hydrogen) atoms. The molecule has 1 unspecified atom stereocenters. The van der Waals surface area contributed by atoms with Gasteiger partial charge in [-0.25, -0.2) is 4.98 Å². The van der Waals surface area contributed by atoms with Gasteiger partial charge in [-0.15, -0.1) is 11.3 Å². The molecule has 0 fully saturated rings. The van der Waals surface area contributed by atoms with Crippen LogP contribution in [0.25, 0.3) is 10.2 Å². The van der Waals surface area contributed by atoms with Crippen LogP contribution in [0.4, 0.5) is 11.4 Å². The molecule has 0 saturated heterocycles. The third-order valence-electron chi connectivity index (χ3n) is 5.66. The number of hydrogen-bond acceptors (Lipinski definition) is 4. The summed E-state index contributed by atoms with van der Waals surface area (Å²) in [7, 11) is 0. The lowest BCUT2D eigenvalue weighted by Crippen LogP contribution is -2.28. The van der Waals surface area contributed by atoms with E-state index in [-0.39, 0.29) is 5.91 Å². The predicted molar refractivity (Wildman–Crippen MR) is 107 cm³/mol. The molecule has 132 valence electrons. The van der Waals surface area contributed by atoms with Gasteiger partial charge in [-0.05, 0) is 54.9 Å². The maximum atomic E-state index is 13.2. The molecule has 1 aliphatic heterocycles. The highest BCUT2D eigenvalue weighted by molar-refractivity contribution is 7.21. The SMILES string of the molecule is CC1CCc2nc3sc(C(=O)N4CCc5ccccc54)c(N)c3cc2C1. The number of pyridine rings is 1. The van der Waals surface area contributed by atoms with E-state index >= 15 is 0 Å². The molecule has 1 aromatic carbocycles. The first-order valence-corrected chi connectivity index (χ1v) is 10.0. The van der Waals surface area contributed by atoms with Gasteiger partial charge < -0.3 is 10.6 Å². The average molecular weight is 363 g/mol. The van der Waals surface area contributed by atoms with Crippen LogP contribution in [0.3, 0.4) is 0 Å². The summed E-state index contributed by atoms with van der Waals surface area (Å²) in [5, 5.41) is 0.943. The number of aryl methyl sites for hydroxylation is 1. The van der Waals surface area contributed by atoms with E-state index in [4.69, 9.17) is 10.7 Å². The van der Waals surface area contributed by atoms with E-state index in [0.29, 0.717) is 23.0 Å². The topological polar surface area (TPSA) is 59.2 Å². The lowest BCUT2D eigenvalue weighted by molar-refractivity contribution is 0.0994. The number of hydrogen-bond donors (Lipinski definition) is 1. The summed E-state index contributed by atoms with van der Waals surface area (Å²) in [6, 6.07) is 10.3. The second kappa shape index (κ2) is 5.81. The lowest BCUT2D eigenvalue weighted by Gasteiger charge is -2.20. The Morgan fingerprint density at radius 3 is 3.00 bits per heavy atom. The van der Waals surface area contributed by atoms with Crippen molar-refractivity contribution in [2.75, 3.05) is 17.2 Å². The lowest BCUT2D eigenvalue weighted by atomic mass is 9.87.